The van der Waals surface area contributed by atoms with Crippen molar-refractivity contribution < 1.29 is 28.8 Å². The number of hydrogen-bond donors (Lipinski definition) is 2. The van der Waals surface area contributed by atoms with Crippen LogP contribution in [-0.4, -0.2) is 42.5 Å². The minimum Gasteiger partial charge on any atom is -0.490 e. The van der Waals surface area contributed by atoms with Gasteiger partial charge in [0.25, 0.3) is 11.8 Å². The van der Waals surface area contributed by atoms with Gasteiger partial charge in [-0.3, -0.25) is 24.5 Å². The molecule has 0 aliphatic rings. The second-order valence-corrected chi connectivity index (χ2v) is 6.32. The predicted octanol–water partition coefficient (Wildman–Crippen LogP) is 2.21. The summed E-state index contributed by atoms with van der Waals surface area (Å²) >= 11 is 0. The third kappa shape index (κ3) is 6.03. The Morgan fingerprint density at radius 1 is 1.17 bits per heavy atom. The molecule has 1 atom stereocenters. The van der Waals surface area contributed by atoms with Gasteiger partial charge in [0, 0.05) is 17.3 Å². The van der Waals surface area contributed by atoms with Crippen molar-refractivity contribution in [2.75, 3.05) is 19.0 Å². The summed E-state index contributed by atoms with van der Waals surface area (Å²) in [5.74, 6) is -2.07. The van der Waals surface area contributed by atoms with Crippen LogP contribution in [0.25, 0.3) is 0 Å². The number of carbonyl (C=O) groups is 3. The van der Waals surface area contributed by atoms with E-state index in [-0.39, 0.29) is 17.0 Å². The summed E-state index contributed by atoms with van der Waals surface area (Å²) in [5.41, 5.74) is 1.12. The van der Waals surface area contributed by atoms with Gasteiger partial charge in [0.1, 0.15) is 6.54 Å². The first-order chi connectivity index (χ1) is 14.2. The zero-order valence-electron chi connectivity index (χ0n) is 16.6. The van der Waals surface area contributed by atoms with E-state index < -0.39 is 35.4 Å². The van der Waals surface area contributed by atoms with Gasteiger partial charge in [0.05, 0.1) is 12.0 Å². The topological polar surface area (TPSA) is 137 Å². The molecule has 2 aromatic carbocycles. The Morgan fingerprint density at radius 3 is 2.53 bits per heavy atom. The summed E-state index contributed by atoms with van der Waals surface area (Å²) < 4.78 is 9.87. The van der Waals surface area contributed by atoms with Gasteiger partial charge in [-0.25, -0.2) is 0 Å². The lowest BCUT2D eigenvalue weighted by Gasteiger charge is -2.14. The lowest BCUT2D eigenvalue weighted by molar-refractivity contribution is -0.385. The highest BCUT2D eigenvalue weighted by molar-refractivity contribution is 5.98. The quantitative estimate of drug-likeness (QED) is 0.383. The van der Waals surface area contributed by atoms with Crippen molar-refractivity contribution in [3.05, 3.63) is 63.7 Å². The number of nitro benzene ring substituents is 1. The molecule has 10 heteroatoms. The number of nitrogens with zero attached hydrogens (tertiary/aromatic N) is 1. The predicted molar refractivity (Wildman–Crippen MR) is 107 cm³/mol. The van der Waals surface area contributed by atoms with Gasteiger partial charge in [0.2, 0.25) is 0 Å². The van der Waals surface area contributed by atoms with Gasteiger partial charge in [0.15, 0.2) is 11.9 Å². The lowest BCUT2D eigenvalue weighted by Crippen LogP contribution is -2.35. The van der Waals surface area contributed by atoms with Crippen LogP contribution in [0.4, 0.5) is 11.4 Å². The number of ether oxygens (including phenoxy) is 2. The number of anilines is 1. The van der Waals surface area contributed by atoms with Crippen molar-refractivity contribution in [2.45, 2.75) is 20.0 Å². The van der Waals surface area contributed by atoms with E-state index in [1.807, 2.05) is 13.0 Å². The minimum absolute atomic E-state index is 0.00408. The number of rotatable bonds is 8. The van der Waals surface area contributed by atoms with Crippen molar-refractivity contribution >= 4 is 29.2 Å². The smallest absolute Gasteiger partial charge is 0.326 e. The molecule has 10 nitrogen and oxygen atoms in total. The fourth-order valence-electron chi connectivity index (χ4n) is 2.49. The molecule has 0 bridgehead atoms. The van der Waals surface area contributed by atoms with E-state index in [9.17, 15) is 24.5 Å². The highest BCUT2D eigenvalue weighted by Crippen LogP contribution is 2.27. The van der Waals surface area contributed by atoms with E-state index >= 15 is 0 Å². The van der Waals surface area contributed by atoms with Gasteiger partial charge in [-0.05, 0) is 43.7 Å². The molecule has 2 rings (SSSR count). The van der Waals surface area contributed by atoms with Gasteiger partial charge >= 0.3 is 11.7 Å². The molecule has 0 radical (unpaired) electrons. The van der Waals surface area contributed by atoms with E-state index in [0.717, 1.165) is 11.6 Å². The third-order valence-corrected chi connectivity index (χ3v) is 3.99. The first-order valence-corrected chi connectivity index (χ1v) is 8.89. The van der Waals surface area contributed by atoms with Crippen LogP contribution in [-0.2, 0) is 14.3 Å². The molecule has 2 N–H and O–H groups in total. The second kappa shape index (κ2) is 10.0. The Bertz CT molecular complexity index is 975. The molecule has 158 valence electrons. The number of benzene rings is 2. The maximum Gasteiger partial charge on any atom is 0.326 e. The zero-order chi connectivity index (χ0) is 22.3. The highest BCUT2D eigenvalue weighted by atomic mass is 16.6. The normalized spacial score (nSPS) is 11.2. The first kappa shape index (κ1) is 22.3. The molecule has 0 unspecified atom stereocenters. The van der Waals surface area contributed by atoms with Crippen LogP contribution < -0.4 is 15.4 Å². The monoisotopic (exact) mass is 415 g/mol. The Hall–Kier alpha value is -3.95. The summed E-state index contributed by atoms with van der Waals surface area (Å²) in [6, 6.07) is 10.8. The molecule has 0 fully saturated rings. The molecule has 0 aliphatic heterocycles. The molecule has 2 aromatic rings. The van der Waals surface area contributed by atoms with Gasteiger partial charge in [-0.15, -0.1) is 0 Å². The van der Waals surface area contributed by atoms with Crippen molar-refractivity contribution in [1.29, 1.82) is 0 Å². The molecule has 0 aromatic heterocycles. The molecule has 0 saturated heterocycles. The van der Waals surface area contributed by atoms with E-state index in [1.54, 1.807) is 18.2 Å². The van der Waals surface area contributed by atoms with E-state index in [1.165, 1.54) is 26.2 Å². The van der Waals surface area contributed by atoms with Crippen LogP contribution in [0.3, 0.4) is 0 Å². The molecule has 30 heavy (non-hydrogen) atoms. The number of nitro groups is 1. The summed E-state index contributed by atoms with van der Waals surface area (Å²) in [6.07, 6.45) is -1.09. The fraction of sp³-hybridized carbons (Fsp3) is 0.250. The summed E-state index contributed by atoms with van der Waals surface area (Å²) in [5, 5.41) is 16.0. The molecular weight excluding hydrogens is 394 g/mol. The second-order valence-electron chi connectivity index (χ2n) is 6.32. The highest BCUT2D eigenvalue weighted by Gasteiger charge is 2.21. The standard InChI is InChI=1S/C20H21N3O7/c1-12-5-4-6-15(9-12)22-19(25)13(2)30-18(24)11-21-20(26)14-7-8-17(29-3)16(10-14)23(27)28/h4-10,13H,11H2,1-3H3,(H,21,26)(H,22,25)/t13-/m0/s1. The Balaban J connectivity index is 1.89. The number of hydrogen-bond acceptors (Lipinski definition) is 7. The van der Waals surface area contributed by atoms with Crippen molar-refractivity contribution in [3.8, 4) is 5.75 Å². The maximum absolute atomic E-state index is 12.2. The van der Waals surface area contributed by atoms with E-state index in [4.69, 9.17) is 9.47 Å². The van der Waals surface area contributed by atoms with E-state index in [0.29, 0.717) is 5.69 Å². The minimum atomic E-state index is -1.09. The van der Waals surface area contributed by atoms with Crippen molar-refractivity contribution in [1.82, 2.24) is 5.32 Å². The molecule has 0 aliphatic carbocycles. The van der Waals surface area contributed by atoms with Crippen molar-refractivity contribution in [2.24, 2.45) is 0 Å². The van der Waals surface area contributed by atoms with Crippen LogP contribution in [0.5, 0.6) is 5.75 Å². The number of esters is 1. The number of carbonyl (C=O) groups excluding carboxylic acids is 3. The molecular formula is C20H21N3O7. The molecule has 0 heterocycles. The van der Waals surface area contributed by atoms with Gasteiger partial charge < -0.3 is 20.1 Å². The first-order valence-electron chi connectivity index (χ1n) is 8.89. The van der Waals surface area contributed by atoms with Crippen LogP contribution in [0.2, 0.25) is 0 Å². The summed E-state index contributed by atoms with van der Waals surface area (Å²) in [7, 11) is 1.27. The molecule has 2 amide bonds. The zero-order valence-corrected chi connectivity index (χ0v) is 16.6. The average molecular weight is 415 g/mol. The SMILES string of the molecule is COc1ccc(C(=O)NCC(=O)O[C@@H](C)C(=O)Nc2cccc(C)c2)cc1[N+](=O)[O-]. The third-order valence-electron chi connectivity index (χ3n) is 3.99. The largest absolute Gasteiger partial charge is 0.490 e. The van der Waals surface area contributed by atoms with Crippen LogP contribution in [0.1, 0.15) is 22.8 Å². The van der Waals surface area contributed by atoms with Crippen LogP contribution >= 0.6 is 0 Å². The number of methoxy groups -OCH3 is 1. The van der Waals surface area contributed by atoms with E-state index in [2.05, 4.69) is 10.6 Å². The van der Waals surface area contributed by atoms with Crippen LogP contribution in [0.15, 0.2) is 42.5 Å². The summed E-state index contributed by atoms with van der Waals surface area (Å²) in [4.78, 5) is 46.6. The fourth-order valence-corrected chi connectivity index (χ4v) is 2.49. The van der Waals surface area contributed by atoms with Gasteiger partial charge in [-0.1, -0.05) is 12.1 Å². The molecule has 0 saturated carbocycles. The number of aryl methyl sites for hydroxylation is 1. The lowest BCUT2D eigenvalue weighted by atomic mass is 10.1. The van der Waals surface area contributed by atoms with Gasteiger partial charge in [-0.2, -0.15) is 0 Å². The Morgan fingerprint density at radius 2 is 1.90 bits per heavy atom. The van der Waals surface area contributed by atoms with Crippen LogP contribution in [0, 0.1) is 17.0 Å². The average Bonchev–Trinajstić information content (AvgIpc) is 2.71. The summed E-state index contributed by atoms with van der Waals surface area (Å²) in [6.45, 7) is 2.76. The van der Waals surface area contributed by atoms with Crippen molar-refractivity contribution in [3.63, 3.8) is 0 Å². The number of amides is 2. The Kier molecular flexibility index (Phi) is 7.45. The molecule has 0 spiro atoms. The Labute approximate surface area is 172 Å². The number of nitrogens with one attached hydrogen (secondary N) is 2. The maximum atomic E-state index is 12.2.